The quantitative estimate of drug-likeness (QED) is 0.789. The molecule has 1 unspecified atom stereocenters. The molecule has 0 aliphatic carbocycles. The summed E-state index contributed by atoms with van der Waals surface area (Å²) in [6.07, 6.45) is 2.94. The van der Waals surface area contributed by atoms with Gasteiger partial charge in [-0.25, -0.2) is 4.98 Å². The Morgan fingerprint density at radius 1 is 1.67 bits per heavy atom. The minimum atomic E-state index is -0.930. The molecule has 1 fully saturated rings. The van der Waals surface area contributed by atoms with Crippen LogP contribution < -0.4 is 0 Å². The van der Waals surface area contributed by atoms with Crippen molar-refractivity contribution >= 4 is 5.97 Å². The number of aryl methyl sites for hydroxylation is 1. The van der Waals surface area contributed by atoms with Crippen LogP contribution in [-0.4, -0.2) is 56.5 Å². The highest BCUT2D eigenvalue weighted by Crippen LogP contribution is 2.31. The Labute approximate surface area is 105 Å². The highest BCUT2D eigenvalue weighted by molar-refractivity contribution is 5.79. The standard InChI is InChI=1S/C11H18N4O3/c1-14-9(12-8-13-14)6-15-5-3-4-11(15,7-18-2)10(16)17/h8H,3-7H2,1-2H3,(H,16,17). The van der Waals surface area contributed by atoms with Gasteiger partial charge in [0, 0.05) is 14.2 Å². The Morgan fingerprint density at radius 2 is 2.44 bits per heavy atom. The fourth-order valence-electron chi connectivity index (χ4n) is 2.51. The minimum absolute atomic E-state index is 0.195. The minimum Gasteiger partial charge on any atom is -0.480 e. The van der Waals surface area contributed by atoms with Crippen molar-refractivity contribution in [2.75, 3.05) is 20.3 Å². The van der Waals surface area contributed by atoms with E-state index >= 15 is 0 Å². The molecule has 0 aromatic carbocycles. The first-order valence-electron chi connectivity index (χ1n) is 5.90. The van der Waals surface area contributed by atoms with Gasteiger partial charge in [-0.2, -0.15) is 5.10 Å². The molecule has 0 radical (unpaired) electrons. The monoisotopic (exact) mass is 254 g/mol. The van der Waals surface area contributed by atoms with Gasteiger partial charge in [-0.1, -0.05) is 0 Å². The number of aromatic nitrogens is 3. The molecule has 1 aliphatic heterocycles. The summed E-state index contributed by atoms with van der Waals surface area (Å²) in [6, 6.07) is 0. The zero-order valence-electron chi connectivity index (χ0n) is 10.7. The normalized spacial score (nSPS) is 24.6. The van der Waals surface area contributed by atoms with Gasteiger partial charge in [0.2, 0.25) is 0 Å². The van der Waals surface area contributed by atoms with Crippen molar-refractivity contribution in [2.45, 2.75) is 24.9 Å². The van der Waals surface area contributed by atoms with Crippen molar-refractivity contribution < 1.29 is 14.6 Å². The Kier molecular flexibility index (Phi) is 3.63. The van der Waals surface area contributed by atoms with E-state index in [1.165, 1.54) is 13.4 Å². The van der Waals surface area contributed by atoms with Gasteiger partial charge >= 0.3 is 5.97 Å². The van der Waals surface area contributed by atoms with Crippen molar-refractivity contribution in [2.24, 2.45) is 7.05 Å². The lowest BCUT2D eigenvalue weighted by molar-refractivity contribution is -0.153. The van der Waals surface area contributed by atoms with Crippen molar-refractivity contribution in [3.63, 3.8) is 0 Å². The van der Waals surface area contributed by atoms with E-state index in [-0.39, 0.29) is 6.61 Å². The van der Waals surface area contributed by atoms with Gasteiger partial charge in [0.1, 0.15) is 17.7 Å². The predicted molar refractivity (Wildman–Crippen MR) is 62.9 cm³/mol. The second kappa shape index (κ2) is 5.03. The fourth-order valence-corrected chi connectivity index (χ4v) is 2.51. The first-order chi connectivity index (χ1) is 8.60. The van der Waals surface area contributed by atoms with Gasteiger partial charge < -0.3 is 9.84 Å². The summed E-state index contributed by atoms with van der Waals surface area (Å²) in [7, 11) is 3.33. The first kappa shape index (κ1) is 13.0. The summed E-state index contributed by atoms with van der Waals surface area (Å²) >= 11 is 0. The Balaban J connectivity index is 2.20. The Bertz CT molecular complexity index is 434. The zero-order valence-corrected chi connectivity index (χ0v) is 10.7. The molecule has 0 bridgehead atoms. The molecule has 1 aliphatic rings. The van der Waals surface area contributed by atoms with E-state index < -0.39 is 11.5 Å². The summed E-state index contributed by atoms with van der Waals surface area (Å²) in [5.41, 5.74) is -0.930. The largest absolute Gasteiger partial charge is 0.480 e. The van der Waals surface area contributed by atoms with E-state index in [2.05, 4.69) is 10.1 Å². The predicted octanol–water partition coefficient (Wildman–Crippen LogP) is -0.119. The maximum Gasteiger partial charge on any atom is 0.326 e. The van der Waals surface area contributed by atoms with Crippen molar-refractivity contribution in [3.8, 4) is 0 Å². The molecule has 7 nitrogen and oxygen atoms in total. The smallest absolute Gasteiger partial charge is 0.326 e. The number of methoxy groups -OCH3 is 1. The third kappa shape index (κ3) is 2.11. The molecule has 18 heavy (non-hydrogen) atoms. The lowest BCUT2D eigenvalue weighted by Crippen LogP contribution is -2.53. The number of likely N-dealkylation sites (tertiary alicyclic amines) is 1. The summed E-state index contributed by atoms with van der Waals surface area (Å²) in [5.74, 6) is -0.0670. The molecule has 1 saturated heterocycles. The molecule has 0 amide bonds. The van der Waals surface area contributed by atoms with E-state index in [4.69, 9.17) is 4.74 Å². The first-order valence-corrected chi connectivity index (χ1v) is 5.90. The molecule has 2 rings (SSSR count). The second-order valence-corrected chi connectivity index (χ2v) is 4.59. The molecule has 7 heteroatoms. The number of carboxylic acid groups (broad SMARTS) is 1. The number of hydrogen-bond acceptors (Lipinski definition) is 5. The number of nitrogens with zero attached hydrogens (tertiary/aromatic N) is 4. The summed E-state index contributed by atoms with van der Waals surface area (Å²) in [4.78, 5) is 17.6. The average Bonchev–Trinajstić information content (AvgIpc) is 2.89. The van der Waals surface area contributed by atoms with Crippen LogP contribution in [0, 0.1) is 0 Å². The lowest BCUT2D eigenvalue weighted by Gasteiger charge is -2.33. The lowest BCUT2D eigenvalue weighted by atomic mass is 9.97. The summed E-state index contributed by atoms with van der Waals surface area (Å²) < 4.78 is 6.77. The molecule has 0 saturated carbocycles. The van der Waals surface area contributed by atoms with Crippen LogP contribution in [0.4, 0.5) is 0 Å². The van der Waals surface area contributed by atoms with E-state index in [9.17, 15) is 9.90 Å². The van der Waals surface area contributed by atoms with Gasteiger partial charge in [0.05, 0.1) is 13.2 Å². The van der Waals surface area contributed by atoms with Crippen molar-refractivity contribution in [3.05, 3.63) is 12.2 Å². The van der Waals surface area contributed by atoms with Gasteiger partial charge in [-0.15, -0.1) is 0 Å². The zero-order chi connectivity index (χ0) is 13.2. The molecule has 1 N–H and O–H groups in total. The highest BCUT2D eigenvalue weighted by atomic mass is 16.5. The van der Waals surface area contributed by atoms with Crippen LogP contribution in [0.3, 0.4) is 0 Å². The van der Waals surface area contributed by atoms with Crippen molar-refractivity contribution in [1.82, 2.24) is 19.7 Å². The van der Waals surface area contributed by atoms with E-state index in [0.717, 1.165) is 18.8 Å². The van der Waals surface area contributed by atoms with Crippen LogP contribution >= 0.6 is 0 Å². The summed E-state index contributed by atoms with van der Waals surface area (Å²) in [5, 5.41) is 13.5. The number of carbonyl (C=O) groups is 1. The second-order valence-electron chi connectivity index (χ2n) is 4.59. The van der Waals surface area contributed by atoms with Gasteiger partial charge in [0.15, 0.2) is 0 Å². The van der Waals surface area contributed by atoms with E-state index in [1.54, 1.807) is 11.7 Å². The molecule has 1 aromatic rings. The topological polar surface area (TPSA) is 80.5 Å². The van der Waals surface area contributed by atoms with Crippen LogP contribution in [0.1, 0.15) is 18.7 Å². The molecule has 2 heterocycles. The number of aliphatic carboxylic acids is 1. The number of carboxylic acids is 1. The average molecular weight is 254 g/mol. The molecule has 1 aromatic heterocycles. The fraction of sp³-hybridized carbons (Fsp3) is 0.727. The molecule has 1 atom stereocenters. The maximum atomic E-state index is 11.6. The molecule has 0 spiro atoms. The van der Waals surface area contributed by atoms with Crippen molar-refractivity contribution in [1.29, 1.82) is 0 Å². The molecular weight excluding hydrogens is 236 g/mol. The van der Waals surface area contributed by atoms with E-state index in [1.807, 2.05) is 4.90 Å². The van der Waals surface area contributed by atoms with Crippen LogP contribution in [0.25, 0.3) is 0 Å². The van der Waals surface area contributed by atoms with E-state index in [0.29, 0.717) is 13.0 Å². The number of hydrogen-bond donors (Lipinski definition) is 1. The molecular formula is C11H18N4O3. The summed E-state index contributed by atoms with van der Waals surface area (Å²) in [6.45, 7) is 1.41. The van der Waals surface area contributed by atoms with Crippen LogP contribution in [0.2, 0.25) is 0 Å². The van der Waals surface area contributed by atoms with Crippen LogP contribution in [0.5, 0.6) is 0 Å². The highest BCUT2D eigenvalue weighted by Gasteiger charge is 2.48. The van der Waals surface area contributed by atoms with Crippen LogP contribution in [-0.2, 0) is 23.1 Å². The van der Waals surface area contributed by atoms with Gasteiger partial charge in [-0.05, 0) is 19.4 Å². The maximum absolute atomic E-state index is 11.6. The Morgan fingerprint density at radius 3 is 3.00 bits per heavy atom. The Hall–Kier alpha value is -1.47. The van der Waals surface area contributed by atoms with Crippen LogP contribution in [0.15, 0.2) is 6.33 Å². The number of ether oxygens (including phenoxy) is 1. The van der Waals surface area contributed by atoms with Gasteiger partial charge in [0.25, 0.3) is 0 Å². The SMILES string of the molecule is COCC1(C(=O)O)CCCN1Cc1ncnn1C. The third-order valence-corrected chi connectivity index (χ3v) is 3.54. The third-order valence-electron chi connectivity index (χ3n) is 3.54. The van der Waals surface area contributed by atoms with Gasteiger partial charge in [-0.3, -0.25) is 14.4 Å². The molecule has 100 valence electrons. The number of rotatable bonds is 5.